The lowest BCUT2D eigenvalue weighted by Crippen LogP contribution is -2.34. The minimum atomic E-state index is -1.27. The van der Waals surface area contributed by atoms with Gasteiger partial charge in [0, 0.05) is 23.6 Å². The number of amides is 2. The second kappa shape index (κ2) is 7.56. The highest BCUT2D eigenvalue weighted by Crippen LogP contribution is 2.53. The van der Waals surface area contributed by atoms with Crippen LogP contribution in [-0.2, 0) is 11.3 Å². The Morgan fingerprint density at radius 3 is 2.76 bits per heavy atom. The number of primary amides is 1. The molecule has 4 N–H and O–H groups in total. The zero-order valence-corrected chi connectivity index (χ0v) is 18.5. The highest BCUT2D eigenvalue weighted by Gasteiger charge is 2.39. The molecule has 1 atom stereocenters. The van der Waals surface area contributed by atoms with Crippen molar-refractivity contribution >= 4 is 18.0 Å². The van der Waals surface area contributed by atoms with Crippen LogP contribution in [0, 0.1) is 23.6 Å². The van der Waals surface area contributed by atoms with Crippen LogP contribution in [-0.4, -0.2) is 32.1 Å². The first kappa shape index (κ1) is 21.4. The topological polar surface area (TPSA) is 110 Å². The number of imidazole rings is 1. The molecule has 0 radical (unpaired) electrons. The summed E-state index contributed by atoms with van der Waals surface area (Å²) in [5.41, 5.74) is 7.59. The van der Waals surface area contributed by atoms with Crippen molar-refractivity contribution in [3.63, 3.8) is 0 Å². The number of allylic oxidation sites excluding steroid dienone is 1. The molecular formula is C25H25FN4O3. The van der Waals surface area contributed by atoms with Crippen LogP contribution in [0.1, 0.15) is 72.8 Å². The summed E-state index contributed by atoms with van der Waals surface area (Å²) in [6.45, 7) is 3.17. The minimum Gasteiger partial charge on any atom is -0.378 e. The van der Waals surface area contributed by atoms with Crippen LogP contribution in [0.25, 0.3) is 17.6 Å². The van der Waals surface area contributed by atoms with E-state index >= 15 is 0 Å². The van der Waals surface area contributed by atoms with E-state index in [2.05, 4.69) is 22.1 Å². The number of hydrogen-bond acceptors (Lipinski definition) is 4. The third-order valence-electron chi connectivity index (χ3n) is 6.43. The number of aromatic nitrogens is 2. The van der Waals surface area contributed by atoms with Gasteiger partial charge in [0.15, 0.2) is 5.69 Å². The van der Waals surface area contributed by atoms with Crippen molar-refractivity contribution in [1.29, 1.82) is 0 Å². The Bertz CT molecular complexity index is 1290. The molecule has 3 aliphatic rings. The fourth-order valence-electron chi connectivity index (χ4n) is 4.33. The number of rotatable bonds is 4. The summed E-state index contributed by atoms with van der Waals surface area (Å²) in [7, 11) is 0. The average molecular weight is 448 g/mol. The SMILES string of the molecule is CC(C)(O)C#Cc1cc2c(cc1F)C1CC1=Cn1c-2nc(C(N)=O)c1CNC(=O)C1CCC1. The number of nitrogens with two attached hydrogens (primary N) is 1. The Kier molecular flexibility index (Phi) is 4.91. The van der Waals surface area contributed by atoms with E-state index in [1.807, 2.05) is 6.20 Å². The first-order valence-corrected chi connectivity index (χ1v) is 11.1. The maximum Gasteiger partial charge on any atom is 0.269 e. The van der Waals surface area contributed by atoms with Crippen LogP contribution in [0.3, 0.4) is 0 Å². The van der Waals surface area contributed by atoms with Gasteiger partial charge in [0.25, 0.3) is 5.91 Å². The molecular weight excluding hydrogens is 423 g/mol. The van der Waals surface area contributed by atoms with Gasteiger partial charge in [-0.1, -0.05) is 18.3 Å². The molecule has 2 aliphatic carbocycles. The normalized spacial score (nSPS) is 18.4. The van der Waals surface area contributed by atoms with Gasteiger partial charge in [-0.3, -0.25) is 9.59 Å². The number of halogens is 1. The molecule has 1 aromatic heterocycles. The lowest BCUT2D eigenvalue weighted by atomic mass is 9.85. The van der Waals surface area contributed by atoms with Crippen LogP contribution >= 0.6 is 0 Å². The van der Waals surface area contributed by atoms with Gasteiger partial charge in [-0.15, -0.1) is 0 Å². The summed E-state index contributed by atoms with van der Waals surface area (Å²) in [5.74, 6) is 4.69. The third-order valence-corrected chi connectivity index (χ3v) is 6.43. The first-order chi connectivity index (χ1) is 15.6. The Morgan fingerprint density at radius 1 is 1.36 bits per heavy atom. The fourth-order valence-corrected chi connectivity index (χ4v) is 4.33. The number of nitrogens with zero attached hydrogens (tertiary/aromatic N) is 2. The van der Waals surface area contributed by atoms with Gasteiger partial charge < -0.3 is 20.7 Å². The van der Waals surface area contributed by atoms with Gasteiger partial charge in [0.05, 0.1) is 17.8 Å². The van der Waals surface area contributed by atoms with Crippen LogP contribution in [0.4, 0.5) is 4.39 Å². The van der Waals surface area contributed by atoms with E-state index < -0.39 is 17.3 Å². The smallest absolute Gasteiger partial charge is 0.269 e. The van der Waals surface area contributed by atoms with Gasteiger partial charge >= 0.3 is 0 Å². The second-order valence-electron chi connectivity index (χ2n) is 9.50. The molecule has 2 amide bonds. The molecule has 5 rings (SSSR count). The quantitative estimate of drug-likeness (QED) is 0.625. The van der Waals surface area contributed by atoms with Crippen molar-refractivity contribution in [2.45, 2.75) is 57.6 Å². The highest BCUT2D eigenvalue weighted by atomic mass is 19.1. The van der Waals surface area contributed by atoms with Gasteiger partial charge in [-0.2, -0.15) is 0 Å². The predicted octanol–water partition coefficient (Wildman–Crippen LogP) is 2.67. The van der Waals surface area contributed by atoms with Crippen molar-refractivity contribution in [3.8, 4) is 23.2 Å². The van der Waals surface area contributed by atoms with E-state index in [1.54, 1.807) is 10.6 Å². The average Bonchev–Trinajstić information content (AvgIpc) is 3.37. The molecule has 7 nitrogen and oxygen atoms in total. The van der Waals surface area contributed by atoms with E-state index in [9.17, 15) is 19.1 Å². The van der Waals surface area contributed by atoms with E-state index in [0.717, 1.165) is 36.8 Å². The largest absolute Gasteiger partial charge is 0.378 e. The van der Waals surface area contributed by atoms with Gasteiger partial charge in [-0.05, 0) is 56.4 Å². The molecule has 1 unspecified atom stereocenters. The zero-order chi connectivity index (χ0) is 23.5. The highest BCUT2D eigenvalue weighted by molar-refractivity contribution is 5.94. The Labute approximate surface area is 190 Å². The molecule has 33 heavy (non-hydrogen) atoms. The summed E-state index contributed by atoms with van der Waals surface area (Å²) < 4.78 is 16.6. The lowest BCUT2D eigenvalue weighted by molar-refractivity contribution is -0.127. The number of carbonyl (C=O) groups is 2. The Balaban J connectivity index is 1.60. The Morgan fingerprint density at radius 2 is 2.12 bits per heavy atom. The predicted molar refractivity (Wildman–Crippen MR) is 120 cm³/mol. The van der Waals surface area contributed by atoms with Crippen LogP contribution in [0.2, 0.25) is 0 Å². The van der Waals surface area contributed by atoms with Crippen LogP contribution < -0.4 is 11.1 Å². The lowest BCUT2D eigenvalue weighted by Gasteiger charge is -2.24. The summed E-state index contributed by atoms with van der Waals surface area (Å²) in [4.78, 5) is 29.1. The second-order valence-corrected chi connectivity index (χ2v) is 9.50. The van der Waals surface area contributed by atoms with E-state index in [0.29, 0.717) is 17.1 Å². The maximum atomic E-state index is 14.8. The first-order valence-electron chi connectivity index (χ1n) is 11.1. The molecule has 1 aliphatic heterocycles. The van der Waals surface area contributed by atoms with Crippen molar-refractivity contribution < 1.29 is 19.1 Å². The van der Waals surface area contributed by atoms with Crippen molar-refractivity contribution in [2.24, 2.45) is 11.7 Å². The molecule has 1 aromatic carbocycles. The standard InChI is InChI=1S/C25H25FN4O3/c1-25(2,33)7-6-14-8-18-17(10-19(14)26)16-9-15(16)12-30-20(21(22(27)31)29-23(18)30)11-28-24(32)13-4-3-5-13/h8,10,12-13,16,33H,3-5,9,11H2,1-2H3,(H2,27,31)(H,28,32). The fraction of sp³-hybridized carbons (Fsp3) is 0.400. The summed E-state index contributed by atoms with van der Waals surface area (Å²) in [5, 5.41) is 12.8. The summed E-state index contributed by atoms with van der Waals surface area (Å²) in [6.07, 6.45) is 5.48. The molecule has 2 fully saturated rings. The molecule has 2 saturated carbocycles. The number of benzene rings is 1. The van der Waals surface area contributed by atoms with Crippen molar-refractivity contribution in [1.82, 2.24) is 14.9 Å². The minimum absolute atomic E-state index is 0.0142. The zero-order valence-electron chi connectivity index (χ0n) is 18.5. The molecule has 8 heteroatoms. The third kappa shape index (κ3) is 3.93. The van der Waals surface area contributed by atoms with E-state index in [4.69, 9.17) is 5.73 Å². The summed E-state index contributed by atoms with van der Waals surface area (Å²) >= 11 is 0. The number of fused-ring (bicyclic) bond motifs is 5. The monoisotopic (exact) mass is 448 g/mol. The van der Waals surface area contributed by atoms with Gasteiger partial charge in [0.1, 0.15) is 17.2 Å². The number of nitrogens with one attached hydrogen (secondary N) is 1. The molecule has 0 bridgehead atoms. The molecule has 2 heterocycles. The summed E-state index contributed by atoms with van der Waals surface area (Å²) in [6, 6.07) is 3.07. The van der Waals surface area contributed by atoms with Crippen molar-refractivity contribution in [3.05, 3.63) is 46.0 Å². The number of aliphatic hydroxyl groups is 1. The maximum absolute atomic E-state index is 14.8. The van der Waals surface area contributed by atoms with E-state index in [1.165, 1.54) is 19.9 Å². The van der Waals surface area contributed by atoms with Crippen LogP contribution in [0.5, 0.6) is 0 Å². The van der Waals surface area contributed by atoms with Crippen molar-refractivity contribution in [2.75, 3.05) is 0 Å². The van der Waals surface area contributed by atoms with Crippen LogP contribution in [0.15, 0.2) is 17.7 Å². The number of carbonyl (C=O) groups excluding carboxylic acids is 2. The number of hydrogen-bond donors (Lipinski definition) is 3. The molecule has 170 valence electrons. The van der Waals surface area contributed by atoms with Gasteiger partial charge in [0.2, 0.25) is 5.91 Å². The molecule has 0 spiro atoms. The van der Waals surface area contributed by atoms with E-state index in [-0.39, 0.29) is 35.5 Å². The molecule has 0 saturated heterocycles. The molecule has 2 aromatic rings. The Hall–Kier alpha value is -3.44. The van der Waals surface area contributed by atoms with Gasteiger partial charge in [-0.25, -0.2) is 9.37 Å².